The van der Waals surface area contributed by atoms with Crippen LogP contribution < -0.4 is 20.0 Å². The fourth-order valence-electron chi connectivity index (χ4n) is 2.91. The van der Waals surface area contributed by atoms with Gasteiger partial charge >= 0.3 is 0 Å². The topological polar surface area (TPSA) is 103 Å². The number of aromatic nitrogens is 3. The molecular weight excluding hydrogens is 461 g/mol. The van der Waals surface area contributed by atoms with E-state index in [0.717, 1.165) is 11.0 Å². The Morgan fingerprint density at radius 1 is 1.18 bits per heavy atom. The summed E-state index contributed by atoms with van der Waals surface area (Å²) in [6, 6.07) is 9.16. The molecule has 0 saturated carbocycles. The first-order valence-electron chi connectivity index (χ1n) is 10.3. The molecule has 0 radical (unpaired) electrons. The van der Waals surface area contributed by atoms with Gasteiger partial charge < -0.3 is 15.5 Å². The van der Waals surface area contributed by atoms with E-state index in [-0.39, 0.29) is 17.5 Å². The molecule has 0 aliphatic carbocycles. The second-order valence-electron chi connectivity index (χ2n) is 7.07. The first-order valence-corrected chi connectivity index (χ1v) is 10.6. The van der Waals surface area contributed by atoms with Gasteiger partial charge in [0.1, 0.15) is 11.6 Å². The minimum atomic E-state index is -0.547. The molecule has 0 atom stereocenters. The Morgan fingerprint density at radius 3 is 2.68 bits per heavy atom. The summed E-state index contributed by atoms with van der Waals surface area (Å²) in [6.45, 7) is 4.22. The number of rotatable bonds is 10. The molecule has 176 valence electrons. The summed E-state index contributed by atoms with van der Waals surface area (Å²) in [6.07, 6.45) is 6.31. The van der Waals surface area contributed by atoms with Crippen LogP contribution in [0.25, 0.3) is 0 Å². The number of hydrogen-bond donors (Lipinski definition) is 2. The molecule has 1 aromatic carbocycles. The summed E-state index contributed by atoms with van der Waals surface area (Å²) in [4.78, 5) is 37.4. The maximum absolute atomic E-state index is 14.2. The van der Waals surface area contributed by atoms with E-state index in [2.05, 4.69) is 32.2 Å². The molecule has 11 heteroatoms. The number of nitrogens with one attached hydrogen (secondary N) is 2. The zero-order valence-electron chi connectivity index (χ0n) is 18.4. The van der Waals surface area contributed by atoms with Crippen LogP contribution >= 0.6 is 11.8 Å². The van der Waals surface area contributed by atoms with Crippen LogP contribution in [0.3, 0.4) is 0 Å². The van der Waals surface area contributed by atoms with Crippen LogP contribution in [0.2, 0.25) is 0 Å². The lowest BCUT2D eigenvalue weighted by Gasteiger charge is -2.18. The van der Waals surface area contributed by atoms with Crippen molar-refractivity contribution in [1.29, 1.82) is 0 Å². The molecule has 0 saturated heterocycles. The summed E-state index contributed by atoms with van der Waals surface area (Å²) in [5.74, 6) is -0.486. The number of benzene rings is 1. The van der Waals surface area contributed by atoms with Gasteiger partial charge in [-0.15, -0.1) is 0 Å². The van der Waals surface area contributed by atoms with Crippen LogP contribution in [0.15, 0.2) is 67.6 Å². The quantitative estimate of drug-likeness (QED) is 0.257. The molecule has 2 heterocycles. The second-order valence-corrected chi connectivity index (χ2v) is 7.47. The Bertz CT molecular complexity index is 1160. The number of pyridine rings is 1. The largest absolute Gasteiger partial charge is 0.352 e. The highest BCUT2D eigenvalue weighted by Gasteiger charge is 2.14. The van der Waals surface area contributed by atoms with Gasteiger partial charge in [-0.2, -0.15) is 4.98 Å². The Morgan fingerprint density at radius 2 is 1.94 bits per heavy atom. The first-order chi connectivity index (χ1) is 16.4. The smallest absolute Gasteiger partial charge is 0.251 e. The molecule has 0 aliphatic rings. The van der Waals surface area contributed by atoms with Crippen LogP contribution in [-0.4, -0.2) is 46.9 Å². The first kappa shape index (κ1) is 24.6. The molecule has 3 aromatic rings. The maximum Gasteiger partial charge on any atom is 0.251 e. The third-order valence-electron chi connectivity index (χ3n) is 4.70. The van der Waals surface area contributed by atoms with E-state index in [1.807, 2.05) is 0 Å². The van der Waals surface area contributed by atoms with E-state index in [0.29, 0.717) is 36.6 Å². The molecule has 2 aromatic heterocycles. The highest BCUT2D eigenvalue weighted by Crippen LogP contribution is 2.25. The molecule has 0 spiro atoms. The second kappa shape index (κ2) is 11.7. The fraction of sp³-hybridized carbons (Fsp3) is 0.174. The van der Waals surface area contributed by atoms with E-state index >= 15 is 0 Å². The number of anilines is 4. The Hall–Kier alpha value is -4.05. The molecule has 0 fully saturated rings. The SMILES string of the molecule is C=CC(=O)N(C)c1cc(Nc2ccnc(N(Cl)CCCNC(=O)c3ccncc3)n2)ccc1F. The minimum absolute atomic E-state index is 0.0944. The molecular formula is C23H23ClFN7O2. The normalized spacial score (nSPS) is 10.3. The summed E-state index contributed by atoms with van der Waals surface area (Å²) in [7, 11) is 1.46. The van der Waals surface area contributed by atoms with E-state index in [1.165, 1.54) is 35.9 Å². The van der Waals surface area contributed by atoms with Gasteiger partial charge in [-0.25, -0.2) is 9.37 Å². The predicted molar refractivity (Wildman–Crippen MR) is 130 cm³/mol. The van der Waals surface area contributed by atoms with Crippen molar-refractivity contribution in [2.24, 2.45) is 0 Å². The van der Waals surface area contributed by atoms with Crippen molar-refractivity contribution < 1.29 is 14.0 Å². The van der Waals surface area contributed by atoms with Gasteiger partial charge in [0.15, 0.2) is 0 Å². The zero-order chi connectivity index (χ0) is 24.5. The maximum atomic E-state index is 14.2. The van der Waals surface area contributed by atoms with Crippen LogP contribution in [0, 0.1) is 5.82 Å². The number of carbonyl (C=O) groups is 2. The molecule has 0 unspecified atom stereocenters. The van der Waals surface area contributed by atoms with Gasteiger partial charge in [0.05, 0.1) is 5.69 Å². The van der Waals surface area contributed by atoms with Crippen LogP contribution in [0.4, 0.5) is 27.5 Å². The lowest BCUT2D eigenvalue weighted by Crippen LogP contribution is -2.27. The third-order valence-corrected chi connectivity index (χ3v) is 5.02. The summed E-state index contributed by atoms with van der Waals surface area (Å²) >= 11 is 6.31. The van der Waals surface area contributed by atoms with Gasteiger partial charge in [0.25, 0.3) is 5.91 Å². The Kier molecular flexibility index (Phi) is 8.47. The van der Waals surface area contributed by atoms with Crippen LogP contribution in [0.5, 0.6) is 0 Å². The average Bonchev–Trinajstić information content (AvgIpc) is 2.87. The van der Waals surface area contributed by atoms with Gasteiger partial charge in [-0.1, -0.05) is 6.58 Å². The van der Waals surface area contributed by atoms with Crippen molar-refractivity contribution >= 4 is 46.7 Å². The average molecular weight is 484 g/mol. The molecule has 2 N–H and O–H groups in total. The zero-order valence-corrected chi connectivity index (χ0v) is 19.2. The summed E-state index contributed by atoms with van der Waals surface area (Å²) < 4.78 is 15.5. The van der Waals surface area contributed by atoms with Gasteiger partial charge in [-0.05, 0) is 48.9 Å². The van der Waals surface area contributed by atoms with Crippen LogP contribution in [0.1, 0.15) is 16.8 Å². The predicted octanol–water partition coefficient (Wildman–Crippen LogP) is 3.68. The van der Waals surface area contributed by atoms with E-state index < -0.39 is 11.7 Å². The molecule has 34 heavy (non-hydrogen) atoms. The van der Waals surface area contributed by atoms with Gasteiger partial charge in [0, 0.05) is 61.8 Å². The van der Waals surface area contributed by atoms with Gasteiger partial charge in [0.2, 0.25) is 11.9 Å². The van der Waals surface area contributed by atoms with Gasteiger partial charge in [-0.3, -0.25) is 19.0 Å². The summed E-state index contributed by atoms with van der Waals surface area (Å²) in [5, 5.41) is 5.86. The van der Waals surface area contributed by atoms with Crippen molar-refractivity contribution in [2.75, 3.05) is 34.8 Å². The Balaban J connectivity index is 1.57. The fourth-order valence-corrected chi connectivity index (χ4v) is 3.11. The van der Waals surface area contributed by atoms with Crippen molar-refractivity contribution in [3.05, 3.63) is 79.0 Å². The van der Waals surface area contributed by atoms with E-state index in [1.54, 1.807) is 30.6 Å². The molecule has 3 rings (SSSR count). The number of halogens is 2. The highest BCUT2D eigenvalue weighted by molar-refractivity contribution is 6.25. The lowest BCUT2D eigenvalue weighted by atomic mass is 10.2. The number of nitrogens with zero attached hydrogens (tertiary/aromatic N) is 5. The van der Waals surface area contributed by atoms with Crippen molar-refractivity contribution in [3.63, 3.8) is 0 Å². The Labute approximate surface area is 201 Å². The minimum Gasteiger partial charge on any atom is -0.352 e. The van der Waals surface area contributed by atoms with Crippen LogP contribution in [-0.2, 0) is 4.79 Å². The van der Waals surface area contributed by atoms with E-state index in [4.69, 9.17) is 11.8 Å². The highest BCUT2D eigenvalue weighted by atomic mass is 35.5. The van der Waals surface area contributed by atoms with Crippen molar-refractivity contribution in [1.82, 2.24) is 20.3 Å². The third kappa shape index (κ3) is 6.48. The molecule has 2 amide bonds. The molecule has 0 bridgehead atoms. The number of likely N-dealkylation sites (N-methyl/N-ethyl adjacent to an activating group) is 1. The standard InChI is InChI=1S/C23H23ClFN7O2/c1-3-21(33)31(2)19-15-17(5-6-18(19)25)29-20-9-13-28-23(30-20)32(24)14-4-10-27-22(34)16-7-11-26-12-8-16/h3,5-9,11-13,15H,1,4,10,14H2,2H3,(H,27,34)(H,28,29,30). The van der Waals surface area contributed by atoms with E-state index in [9.17, 15) is 14.0 Å². The molecule has 0 aliphatic heterocycles. The summed E-state index contributed by atoms with van der Waals surface area (Å²) in [5.41, 5.74) is 1.14. The lowest BCUT2D eigenvalue weighted by molar-refractivity contribution is -0.113. The number of hydrogen-bond acceptors (Lipinski definition) is 7. The van der Waals surface area contributed by atoms with Crippen molar-refractivity contribution in [3.8, 4) is 0 Å². The number of amides is 2. The monoisotopic (exact) mass is 483 g/mol. The number of carbonyl (C=O) groups excluding carboxylic acids is 2. The molecule has 9 nitrogen and oxygen atoms in total. The van der Waals surface area contributed by atoms with Crippen molar-refractivity contribution in [2.45, 2.75) is 6.42 Å².